The van der Waals surface area contributed by atoms with Gasteiger partial charge in [-0.1, -0.05) is 20.8 Å². The van der Waals surface area contributed by atoms with Crippen molar-refractivity contribution in [3.8, 4) is 0 Å². The molecule has 1 aliphatic rings. The third kappa shape index (κ3) is 2.94. The minimum absolute atomic E-state index is 0.387. The van der Waals surface area contributed by atoms with E-state index >= 15 is 0 Å². The van der Waals surface area contributed by atoms with Crippen LogP contribution in [0.1, 0.15) is 52.0 Å². The van der Waals surface area contributed by atoms with Crippen molar-refractivity contribution < 1.29 is 5.11 Å². The molecule has 1 aromatic heterocycles. The maximum atomic E-state index is 10.8. The second kappa shape index (κ2) is 4.69. The lowest BCUT2D eigenvalue weighted by Gasteiger charge is -2.45. The van der Waals surface area contributed by atoms with Crippen LogP contribution in [-0.2, 0) is 13.5 Å². The lowest BCUT2D eigenvalue weighted by atomic mass is 9.64. The summed E-state index contributed by atoms with van der Waals surface area (Å²) in [6, 6.07) is 0. The molecular formula is C15H26N2O. The molecular weight excluding hydrogens is 224 g/mol. The fraction of sp³-hybridized carbons (Fsp3) is 0.800. The molecule has 0 amide bonds. The van der Waals surface area contributed by atoms with Crippen LogP contribution in [0.4, 0.5) is 0 Å². The number of hydrogen-bond acceptors (Lipinski definition) is 2. The molecule has 1 heterocycles. The van der Waals surface area contributed by atoms with Crippen molar-refractivity contribution in [1.29, 1.82) is 0 Å². The molecule has 2 unspecified atom stereocenters. The Morgan fingerprint density at radius 2 is 2.17 bits per heavy atom. The monoisotopic (exact) mass is 250 g/mol. The summed E-state index contributed by atoms with van der Waals surface area (Å²) < 4.78 is 1.83. The maximum absolute atomic E-state index is 10.8. The van der Waals surface area contributed by atoms with Gasteiger partial charge in [0.25, 0.3) is 0 Å². The van der Waals surface area contributed by atoms with Crippen molar-refractivity contribution in [1.82, 2.24) is 9.78 Å². The fourth-order valence-corrected chi connectivity index (χ4v) is 3.26. The summed E-state index contributed by atoms with van der Waals surface area (Å²) in [7, 11) is 1.93. The predicted molar refractivity (Wildman–Crippen MR) is 73.3 cm³/mol. The van der Waals surface area contributed by atoms with E-state index in [4.69, 9.17) is 0 Å². The first-order valence-electron chi connectivity index (χ1n) is 7.01. The first kappa shape index (κ1) is 13.6. The lowest BCUT2D eigenvalue weighted by molar-refractivity contribution is -0.0763. The van der Waals surface area contributed by atoms with Crippen molar-refractivity contribution in [2.45, 2.75) is 58.5 Å². The molecule has 0 aliphatic heterocycles. The molecule has 1 aromatic rings. The zero-order valence-corrected chi connectivity index (χ0v) is 12.1. The number of rotatable bonds is 3. The van der Waals surface area contributed by atoms with Crippen LogP contribution in [-0.4, -0.2) is 20.5 Å². The van der Waals surface area contributed by atoms with E-state index in [0.717, 1.165) is 32.1 Å². The minimum Gasteiger partial charge on any atom is -0.390 e. The first-order valence-corrected chi connectivity index (χ1v) is 7.01. The van der Waals surface area contributed by atoms with Gasteiger partial charge < -0.3 is 5.11 Å². The summed E-state index contributed by atoms with van der Waals surface area (Å²) in [6.07, 6.45) is 8.91. The zero-order valence-electron chi connectivity index (χ0n) is 12.1. The van der Waals surface area contributed by atoms with Gasteiger partial charge in [0, 0.05) is 13.2 Å². The van der Waals surface area contributed by atoms with E-state index < -0.39 is 5.60 Å². The Bertz CT molecular complexity index is 410. The highest BCUT2D eigenvalue weighted by Gasteiger charge is 2.41. The molecule has 0 saturated heterocycles. The molecule has 18 heavy (non-hydrogen) atoms. The third-order valence-corrected chi connectivity index (χ3v) is 4.62. The zero-order chi connectivity index (χ0) is 13.4. The molecule has 3 heteroatoms. The summed E-state index contributed by atoms with van der Waals surface area (Å²) in [5.74, 6) is 0.387. The number of aryl methyl sites for hydroxylation is 2. The van der Waals surface area contributed by atoms with E-state index in [1.54, 1.807) is 0 Å². The topological polar surface area (TPSA) is 38.1 Å². The Morgan fingerprint density at radius 3 is 2.72 bits per heavy atom. The summed E-state index contributed by atoms with van der Waals surface area (Å²) >= 11 is 0. The molecule has 1 fully saturated rings. The molecule has 2 atom stereocenters. The molecule has 0 radical (unpaired) electrons. The Balaban J connectivity index is 1.96. The largest absolute Gasteiger partial charge is 0.390 e. The van der Waals surface area contributed by atoms with Gasteiger partial charge in [-0.05, 0) is 49.0 Å². The first-order chi connectivity index (χ1) is 8.31. The Hall–Kier alpha value is -0.830. The van der Waals surface area contributed by atoms with Gasteiger partial charge in [-0.15, -0.1) is 0 Å². The number of aromatic nitrogens is 2. The Morgan fingerprint density at radius 1 is 1.44 bits per heavy atom. The number of aliphatic hydroxyl groups is 1. The van der Waals surface area contributed by atoms with Crippen LogP contribution in [0.15, 0.2) is 12.4 Å². The smallest absolute Gasteiger partial charge is 0.0676 e. The molecule has 1 N–H and O–H groups in total. The van der Waals surface area contributed by atoms with Crippen molar-refractivity contribution >= 4 is 0 Å². The average molecular weight is 250 g/mol. The van der Waals surface area contributed by atoms with Gasteiger partial charge in [0.15, 0.2) is 0 Å². The summed E-state index contributed by atoms with van der Waals surface area (Å²) in [5.41, 5.74) is 1.13. The van der Waals surface area contributed by atoms with Gasteiger partial charge in [-0.25, -0.2) is 0 Å². The molecule has 0 spiro atoms. The standard InChI is InChI=1S/C15H26N2O/c1-12-9-14(2,3)7-8-15(12,18)6-5-13-10-16-17(4)11-13/h10-12,18H,5-9H2,1-4H3. The van der Waals surface area contributed by atoms with Crippen molar-refractivity contribution in [2.75, 3.05) is 0 Å². The molecule has 0 bridgehead atoms. The van der Waals surface area contributed by atoms with Crippen LogP contribution in [0.5, 0.6) is 0 Å². The summed E-state index contributed by atoms with van der Waals surface area (Å²) in [5, 5.41) is 15.0. The number of nitrogens with zero attached hydrogens (tertiary/aromatic N) is 2. The average Bonchev–Trinajstić information content (AvgIpc) is 2.68. The van der Waals surface area contributed by atoms with E-state index in [2.05, 4.69) is 25.9 Å². The van der Waals surface area contributed by atoms with Gasteiger partial charge in [-0.2, -0.15) is 5.10 Å². The van der Waals surface area contributed by atoms with Crippen LogP contribution in [0.25, 0.3) is 0 Å². The highest BCUT2D eigenvalue weighted by atomic mass is 16.3. The molecule has 3 nitrogen and oxygen atoms in total. The maximum Gasteiger partial charge on any atom is 0.0676 e. The second-order valence-corrected chi connectivity index (χ2v) is 6.90. The van der Waals surface area contributed by atoms with Crippen LogP contribution >= 0.6 is 0 Å². The van der Waals surface area contributed by atoms with Crippen molar-refractivity contribution in [2.24, 2.45) is 18.4 Å². The molecule has 102 valence electrons. The van der Waals surface area contributed by atoms with Crippen molar-refractivity contribution in [3.63, 3.8) is 0 Å². The van der Waals surface area contributed by atoms with Gasteiger partial charge in [0.05, 0.1) is 11.8 Å². The van der Waals surface area contributed by atoms with E-state index in [9.17, 15) is 5.11 Å². The second-order valence-electron chi connectivity index (χ2n) is 6.90. The third-order valence-electron chi connectivity index (χ3n) is 4.62. The highest BCUT2D eigenvalue weighted by molar-refractivity contribution is 5.06. The van der Waals surface area contributed by atoms with Gasteiger partial charge >= 0.3 is 0 Å². The van der Waals surface area contributed by atoms with Crippen LogP contribution in [0, 0.1) is 11.3 Å². The molecule has 0 aromatic carbocycles. The Labute approximate surface area is 110 Å². The van der Waals surface area contributed by atoms with E-state index in [-0.39, 0.29) is 0 Å². The molecule has 1 saturated carbocycles. The molecule has 1 aliphatic carbocycles. The van der Waals surface area contributed by atoms with E-state index in [0.29, 0.717) is 11.3 Å². The molecule has 2 rings (SSSR count). The lowest BCUT2D eigenvalue weighted by Crippen LogP contribution is -2.44. The quantitative estimate of drug-likeness (QED) is 0.895. The minimum atomic E-state index is -0.481. The van der Waals surface area contributed by atoms with Gasteiger partial charge in [0.1, 0.15) is 0 Å². The summed E-state index contributed by atoms with van der Waals surface area (Å²) in [4.78, 5) is 0. The highest BCUT2D eigenvalue weighted by Crippen LogP contribution is 2.45. The van der Waals surface area contributed by atoms with E-state index in [1.807, 2.05) is 24.1 Å². The van der Waals surface area contributed by atoms with E-state index in [1.165, 1.54) is 5.56 Å². The van der Waals surface area contributed by atoms with Crippen LogP contribution in [0.3, 0.4) is 0 Å². The van der Waals surface area contributed by atoms with Crippen molar-refractivity contribution in [3.05, 3.63) is 18.0 Å². The normalized spacial score (nSPS) is 31.5. The Kier molecular flexibility index (Phi) is 3.54. The number of hydrogen-bond donors (Lipinski definition) is 1. The predicted octanol–water partition coefficient (Wildman–Crippen LogP) is 2.93. The van der Waals surface area contributed by atoms with Gasteiger partial charge in [-0.3, -0.25) is 4.68 Å². The van der Waals surface area contributed by atoms with Gasteiger partial charge in [0.2, 0.25) is 0 Å². The fourth-order valence-electron chi connectivity index (χ4n) is 3.26. The summed E-state index contributed by atoms with van der Waals surface area (Å²) in [6.45, 7) is 6.82. The van der Waals surface area contributed by atoms with Crippen LogP contribution < -0.4 is 0 Å². The van der Waals surface area contributed by atoms with Crippen LogP contribution in [0.2, 0.25) is 0 Å². The SMILES string of the molecule is CC1CC(C)(C)CCC1(O)CCc1cnn(C)c1.